The van der Waals surface area contributed by atoms with Crippen molar-refractivity contribution in [3.8, 4) is 0 Å². The molecule has 0 radical (unpaired) electrons. The van der Waals surface area contributed by atoms with Crippen LogP contribution in [0.4, 0.5) is 0 Å². The zero-order valence-electron chi connectivity index (χ0n) is 11.5. The molecule has 0 aromatic carbocycles. The van der Waals surface area contributed by atoms with Crippen LogP contribution < -0.4 is 5.32 Å². The Morgan fingerprint density at radius 3 is 2.24 bits per heavy atom. The van der Waals surface area contributed by atoms with Crippen LogP contribution in [0.25, 0.3) is 0 Å². The Hall–Kier alpha value is -1.06. The standard InChI is InChI=1S/C13H24N2O2/c1-6-10-12(16)14-11(9(4)5)13(17)15(10)7-8(2)3/h8-11H,6-7H2,1-5H3,(H,14,16). The van der Waals surface area contributed by atoms with Gasteiger partial charge in [0.25, 0.3) is 0 Å². The third kappa shape index (κ3) is 2.99. The molecule has 1 fully saturated rings. The van der Waals surface area contributed by atoms with Crippen LogP contribution in [0.15, 0.2) is 0 Å². The largest absolute Gasteiger partial charge is 0.342 e. The summed E-state index contributed by atoms with van der Waals surface area (Å²) in [5, 5.41) is 2.84. The second-order valence-electron chi connectivity index (χ2n) is 5.54. The van der Waals surface area contributed by atoms with E-state index < -0.39 is 0 Å². The highest BCUT2D eigenvalue weighted by Gasteiger charge is 2.40. The van der Waals surface area contributed by atoms with E-state index in [2.05, 4.69) is 19.2 Å². The Kier molecular flexibility index (Phi) is 4.54. The van der Waals surface area contributed by atoms with Crippen molar-refractivity contribution in [1.29, 1.82) is 0 Å². The average Bonchev–Trinajstić information content (AvgIpc) is 2.22. The highest BCUT2D eigenvalue weighted by molar-refractivity contribution is 5.97. The summed E-state index contributed by atoms with van der Waals surface area (Å²) in [7, 11) is 0. The first kappa shape index (κ1) is 14.0. The Bertz CT molecular complexity index is 300. The highest BCUT2D eigenvalue weighted by Crippen LogP contribution is 2.18. The van der Waals surface area contributed by atoms with E-state index >= 15 is 0 Å². The van der Waals surface area contributed by atoms with Crippen molar-refractivity contribution in [2.45, 2.75) is 53.1 Å². The molecule has 1 saturated heterocycles. The summed E-state index contributed by atoms with van der Waals surface area (Å²) in [6, 6.07) is -0.649. The lowest BCUT2D eigenvalue weighted by atomic mass is 9.96. The van der Waals surface area contributed by atoms with Gasteiger partial charge in [-0.2, -0.15) is 0 Å². The number of nitrogens with zero attached hydrogens (tertiary/aromatic N) is 1. The van der Waals surface area contributed by atoms with E-state index in [1.807, 2.05) is 20.8 Å². The van der Waals surface area contributed by atoms with Crippen molar-refractivity contribution in [3.63, 3.8) is 0 Å². The fourth-order valence-corrected chi connectivity index (χ4v) is 2.25. The minimum Gasteiger partial charge on any atom is -0.342 e. The first-order chi connectivity index (χ1) is 7.88. The molecular weight excluding hydrogens is 216 g/mol. The quantitative estimate of drug-likeness (QED) is 0.807. The fraction of sp³-hybridized carbons (Fsp3) is 0.846. The number of nitrogens with one attached hydrogen (secondary N) is 1. The van der Waals surface area contributed by atoms with Crippen molar-refractivity contribution in [2.75, 3.05) is 6.54 Å². The van der Waals surface area contributed by atoms with Crippen LogP contribution >= 0.6 is 0 Å². The number of rotatable bonds is 4. The molecule has 0 aliphatic carbocycles. The molecule has 1 rings (SSSR count). The zero-order valence-corrected chi connectivity index (χ0v) is 11.5. The normalized spacial score (nSPS) is 25.7. The molecule has 1 aliphatic rings. The Morgan fingerprint density at radius 2 is 1.82 bits per heavy atom. The summed E-state index contributed by atoms with van der Waals surface area (Å²) in [5.74, 6) is 0.581. The monoisotopic (exact) mass is 240 g/mol. The first-order valence-corrected chi connectivity index (χ1v) is 6.49. The van der Waals surface area contributed by atoms with Gasteiger partial charge < -0.3 is 10.2 Å². The molecule has 2 amide bonds. The first-order valence-electron chi connectivity index (χ1n) is 6.49. The van der Waals surface area contributed by atoms with Crippen molar-refractivity contribution < 1.29 is 9.59 Å². The van der Waals surface area contributed by atoms with Crippen LogP contribution in [-0.2, 0) is 9.59 Å². The molecule has 0 bridgehead atoms. The molecule has 4 nitrogen and oxygen atoms in total. The van der Waals surface area contributed by atoms with Gasteiger partial charge in [0.05, 0.1) is 0 Å². The molecule has 0 spiro atoms. The van der Waals surface area contributed by atoms with E-state index in [0.717, 1.165) is 0 Å². The third-order valence-corrected chi connectivity index (χ3v) is 3.14. The fourth-order valence-electron chi connectivity index (χ4n) is 2.25. The minimum atomic E-state index is -0.357. The molecular formula is C13H24N2O2. The van der Waals surface area contributed by atoms with Gasteiger partial charge >= 0.3 is 0 Å². The van der Waals surface area contributed by atoms with Crippen LogP contribution in [0.2, 0.25) is 0 Å². The molecule has 1 heterocycles. The van der Waals surface area contributed by atoms with Gasteiger partial charge in [-0.05, 0) is 18.3 Å². The van der Waals surface area contributed by atoms with Crippen LogP contribution in [-0.4, -0.2) is 35.3 Å². The van der Waals surface area contributed by atoms with E-state index in [4.69, 9.17) is 0 Å². The maximum Gasteiger partial charge on any atom is 0.246 e. The number of amides is 2. The average molecular weight is 240 g/mol. The van der Waals surface area contributed by atoms with Crippen LogP contribution in [0, 0.1) is 11.8 Å². The minimum absolute atomic E-state index is 0.00792. The SMILES string of the molecule is CCC1C(=O)NC(C(C)C)C(=O)N1CC(C)C. The van der Waals surface area contributed by atoms with Gasteiger partial charge in [0.1, 0.15) is 12.1 Å². The number of carbonyl (C=O) groups excluding carboxylic acids is 2. The van der Waals surface area contributed by atoms with Gasteiger partial charge in [0.15, 0.2) is 0 Å². The summed E-state index contributed by atoms with van der Waals surface area (Å²) in [5.41, 5.74) is 0. The van der Waals surface area contributed by atoms with Crippen LogP contribution in [0.1, 0.15) is 41.0 Å². The summed E-state index contributed by atoms with van der Waals surface area (Å²) in [6.07, 6.45) is 0.676. The van der Waals surface area contributed by atoms with E-state index in [9.17, 15) is 9.59 Å². The third-order valence-electron chi connectivity index (χ3n) is 3.14. The van der Waals surface area contributed by atoms with Gasteiger partial charge in [-0.15, -0.1) is 0 Å². The second-order valence-corrected chi connectivity index (χ2v) is 5.54. The topological polar surface area (TPSA) is 49.4 Å². The van der Waals surface area contributed by atoms with Crippen molar-refractivity contribution in [3.05, 3.63) is 0 Å². The molecule has 1 N–H and O–H groups in total. The van der Waals surface area contributed by atoms with Crippen molar-refractivity contribution >= 4 is 11.8 Å². The molecule has 17 heavy (non-hydrogen) atoms. The number of carbonyl (C=O) groups is 2. The van der Waals surface area contributed by atoms with E-state index in [1.54, 1.807) is 4.90 Å². The summed E-state index contributed by atoms with van der Waals surface area (Å²) < 4.78 is 0. The molecule has 4 heteroatoms. The molecule has 2 unspecified atom stereocenters. The number of hydrogen-bond donors (Lipinski definition) is 1. The molecule has 98 valence electrons. The molecule has 0 saturated carbocycles. The van der Waals surface area contributed by atoms with E-state index in [0.29, 0.717) is 18.9 Å². The van der Waals surface area contributed by atoms with Crippen molar-refractivity contribution in [2.24, 2.45) is 11.8 Å². The molecule has 0 aromatic rings. The smallest absolute Gasteiger partial charge is 0.246 e. The lowest BCUT2D eigenvalue weighted by Crippen LogP contribution is -2.65. The van der Waals surface area contributed by atoms with Crippen molar-refractivity contribution in [1.82, 2.24) is 10.2 Å². The van der Waals surface area contributed by atoms with Crippen LogP contribution in [0.3, 0.4) is 0 Å². The van der Waals surface area contributed by atoms with Gasteiger partial charge in [-0.3, -0.25) is 9.59 Å². The van der Waals surface area contributed by atoms with Gasteiger partial charge in [0.2, 0.25) is 11.8 Å². The number of hydrogen-bond acceptors (Lipinski definition) is 2. The second kappa shape index (κ2) is 5.52. The predicted octanol–water partition coefficient (Wildman–Crippen LogP) is 1.40. The maximum absolute atomic E-state index is 12.3. The summed E-state index contributed by atoms with van der Waals surface area (Å²) >= 11 is 0. The number of piperazine rings is 1. The molecule has 1 aliphatic heterocycles. The Labute approximate surface area is 104 Å². The van der Waals surface area contributed by atoms with Gasteiger partial charge in [-0.1, -0.05) is 34.6 Å². The lowest BCUT2D eigenvalue weighted by Gasteiger charge is -2.40. The molecule has 0 aromatic heterocycles. The molecule has 2 atom stereocenters. The Balaban J connectivity index is 2.92. The summed E-state index contributed by atoms with van der Waals surface area (Å²) in [6.45, 7) is 10.7. The predicted molar refractivity (Wildman–Crippen MR) is 67.4 cm³/mol. The lowest BCUT2D eigenvalue weighted by molar-refractivity contribution is -0.151. The summed E-state index contributed by atoms with van der Waals surface area (Å²) in [4.78, 5) is 26.1. The highest BCUT2D eigenvalue weighted by atomic mass is 16.2. The zero-order chi connectivity index (χ0) is 13.2. The maximum atomic E-state index is 12.3. The van der Waals surface area contributed by atoms with Gasteiger partial charge in [-0.25, -0.2) is 0 Å². The van der Waals surface area contributed by atoms with E-state index in [-0.39, 0.29) is 29.8 Å². The van der Waals surface area contributed by atoms with Gasteiger partial charge in [0, 0.05) is 6.54 Å². The van der Waals surface area contributed by atoms with Crippen LogP contribution in [0.5, 0.6) is 0 Å². The Morgan fingerprint density at radius 1 is 1.24 bits per heavy atom. The van der Waals surface area contributed by atoms with E-state index in [1.165, 1.54) is 0 Å².